The lowest BCUT2D eigenvalue weighted by molar-refractivity contribution is 0.0951. The van der Waals surface area contributed by atoms with E-state index in [1.54, 1.807) is 0 Å². The molecule has 1 heterocycles. The Morgan fingerprint density at radius 3 is 2.74 bits per heavy atom. The SMILES string of the molecule is CCNc1cncc(C(=O)NCCS(=O)(=O)NC)n1. The third-order valence-electron chi connectivity index (χ3n) is 2.19. The first-order valence-corrected chi connectivity index (χ1v) is 7.39. The summed E-state index contributed by atoms with van der Waals surface area (Å²) in [4.78, 5) is 19.6. The Labute approximate surface area is 112 Å². The normalized spacial score (nSPS) is 11.1. The second-order valence-corrected chi connectivity index (χ2v) is 5.64. The lowest BCUT2D eigenvalue weighted by Crippen LogP contribution is -2.33. The predicted molar refractivity (Wildman–Crippen MR) is 71.4 cm³/mol. The van der Waals surface area contributed by atoms with Crippen LogP contribution in [0, 0.1) is 0 Å². The van der Waals surface area contributed by atoms with Gasteiger partial charge in [0.25, 0.3) is 5.91 Å². The van der Waals surface area contributed by atoms with E-state index in [1.807, 2.05) is 6.92 Å². The van der Waals surface area contributed by atoms with Crippen LogP contribution in [-0.2, 0) is 10.0 Å². The first-order chi connectivity index (χ1) is 8.98. The van der Waals surface area contributed by atoms with E-state index in [0.717, 1.165) is 0 Å². The number of amides is 1. The topological polar surface area (TPSA) is 113 Å². The van der Waals surface area contributed by atoms with E-state index in [9.17, 15) is 13.2 Å². The molecule has 0 spiro atoms. The molecule has 0 atom stereocenters. The molecule has 0 radical (unpaired) electrons. The maximum atomic E-state index is 11.7. The van der Waals surface area contributed by atoms with Gasteiger partial charge in [-0.05, 0) is 14.0 Å². The average molecular weight is 287 g/mol. The largest absolute Gasteiger partial charge is 0.369 e. The average Bonchev–Trinajstić information content (AvgIpc) is 2.39. The van der Waals surface area contributed by atoms with Crippen molar-refractivity contribution in [2.75, 3.05) is 31.2 Å². The summed E-state index contributed by atoms with van der Waals surface area (Å²) in [5.74, 6) is -0.146. The van der Waals surface area contributed by atoms with Crippen molar-refractivity contribution in [3.8, 4) is 0 Å². The molecule has 1 aromatic heterocycles. The van der Waals surface area contributed by atoms with Crippen molar-refractivity contribution < 1.29 is 13.2 Å². The second-order valence-electron chi connectivity index (χ2n) is 3.60. The Kier molecular flexibility index (Phi) is 5.64. The fourth-order valence-corrected chi connectivity index (χ4v) is 1.81. The summed E-state index contributed by atoms with van der Waals surface area (Å²) >= 11 is 0. The number of carbonyl (C=O) groups excluding carboxylic acids is 1. The van der Waals surface area contributed by atoms with Crippen molar-refractivity contribution in [2.24, 2.45) is 0 Å². The molecular formula is C10H17N5O3S. The third kappa shape index (κ3) is 5.18. The molecule has 19 heavy (non-hydrogen) atoms. The predicted octanol–water partition coefficient (Wildman–Crippen LogP) is -0.813. The summed E-state index contributed by atoms with van der Waals surface area (Å²) in [6.07, 6.45) is 2.83. The highest BCUT2D eigenvalue weighted by Crippen LogP contribution is 2.01. The van der Waals surface area contributed by atoms with Crippen molar-refractivity contribution >= 4 is 21.7 Å². The number of nitrogens with one attached hydrogen (secondary N) is 3. The van der Waals surface area contributed by atoms with Crippen LogP contribution in [0.4, 0.5) is 5.82 Å². The van der Waals surface area contributed by atoms with Crippen molar-refractivity contribution in [3.63, 3.8) is 0 Å². The summed E-state index contributed by atoms with van der Waals surface area (Å²) in [5.41, 5.74) is 0.139. The first kappa shape index (κ1) is 15.3. The second kappa shape index (κ2) is 7.00. The summed E-state index contributed by atoms with van der Waals surface area (Å²) in [5, 5.41) is 5.40. The maximum Gasteiger partial charge on any atom is 0.271 e. The Morgan fingerprint density at radius 1 is 1.37 bits per heavy atom. The van der Waals surface area contributed by atoms with Crippen LogP contribution >= 0.6 is 0 Å². The molecule has 0 unspecified atom stereocenters. The molecule has 9 heteroatoms. The Morgan fingerprint density at radius 2 is 2.11 bits per heavy atom. The van der Waals surface area contributed by atoms with Crippen LogP contribution in [0.2, 0.25) is 0 Å². The smallest absolute Gasteiger partial charge is 0.271 e. The van der Waals surface area contributed by atoms with E-state index in [4.69, 9.17) is 0 Å². The number of hydrogen-bond acceptors (Lipinski definition) is 6. The van der Waals surface area contributed by atoms with Gasteiger partial charge in [-0.25, -0.2) is 18.1 Å². The van der Waals surface area contributed by atoms with Crippen molar-refractivity contribution in [1.82, 2.24) is 20.0 Å². The first-order valence-electron chi connectivity index (χ1n) is 5.74. The zero-order valence-electron chi connectivity index (χ0n) is 10.8. The number of aromatic nitrogens is 2. The third-order valence-corrected chi connectivity index (χ3v) is 3.56. The summed E-state index contributed by atoms with van der Waals surface area (Å²) in [7, 11) is -2.01. The molecule has 1 aromatic rings. The van der Waals surface area contributed by atoms with Crippen LogP contribution in [0.3, 0.4) is 0 Å². The Hall–Kier alpha value is -1.74. The summed E-state index contributed by atoms with van der Waals surface area (Å²) < 4.78 is 24.5. The standard InChI is InChI=1S/C10H17N5O3S/c1-3-13-9-7-12-6-8(15-9)10(16)14-4-5-19(17,18)11-2/h6-7,11H,3-5H2,1-2H3,(H,13,15)(H,14,16). The highest BCUT2D eigenvalue weighted by molar-refractivity contribution is 7.89. The van der Waals surface area contributed by atoms with Crippen LogP contribution in [0.1, 0.15) is 17.4 Å². The molecule has 0 aliphatic heterocycles. The van der Waals surface area contributed by atoms with Gasteiger partial charge in [0, 0.05) is 13.1 Å². The quantitative estimate of drug-likeness (QED) is 0.604. The van der Waals surface area contributed by atoms with E-state index < -0.39 is 15.9 Å². The molecular weight excluding hydrogens is 270 g/mol. The number of hydrogen-bond donors (Lipinski definition) is 3. The van der Waals surface area contributed by atoms with Gasteiger partial charge in [-0.2, -0.15) is 0 Å². The highest BCUT2D eigenvalue weighted by atomic mass is 32.2. The molecule has 3 N–H and O–H groups in total. The minimum absolute atomic E-state index is 0.00905. The molecule has 0 saturated carbocycles. The van der Waals surface area contributed by atoms with Crippen LogP contribution in [0.15, 0.2) is 12.4 Å². The zero-order chi connectivity index (χ0) is 14.3. The molecule has 1 rings (SSSR count). The lowest BCUT2D eigenvalue weighted by Gasteiger charge is -2.06. The van der Waals surface area contributed by atoms with E-state index in [2.05, 4.69) is 25.3 Å². The van der Waals surface area contributed by atoms with Gasteiger partial charge < -0.3 is 10.6 Å². The fraction of sp³-hybridized carbons (Fsp3) is 0.500. The van der Waals surface area contributed by atoms with Gasteiger partial charge in [0.2, 0.25) is 10.0 Å². The van der Waals surface area contributed by atoms with Gasteiger partial charge >= 0.3 is 0 Å². The molecule has 0 fully saturated rings. The van der Waals surface area contributed by atoms with Gasteiger partial charge in [-0.1, -0.05) is 0 Å². The molecule has 0 aliphatic rings. The zero-order valence-corrected chi connectivity index (χ0v) is 11.6. The summed E-state index contributed by atoms with van der Waals surface area (Å²) in [6, 6.07) is 0. The number of nitrogens with zero attached hydrogens (tertiary/aromatic N) is 2. The van der Waals surface area contributed by atoms with Crippen molar-refractivity contribution in [1.29, 1.82) is 0 Å². The molecule has 0 aromatic carbocycles. The van der Waals surface area contributed by atoms with E-state index >= 15 is 0 Å². The molecule has 106 valence electrons. The minimum Gasteiger partial charge on any atom is -0.369 e. The van der Waals surface area contributed by atoms with Crippen LogP contribution in [-0.4, -0.2) is 50.2 Å². The van der Waals surface area contributed by atoms with Crippen molar-refractivity contribution in [2.45, 2.75) is 6.92 Å². The Balaban J connectivity index is 2.56. The van der Waals surface area contributed by atoms with E-state index in [0.29, 0.717) is 12.4 Å². The van der Waals surface area contributed by atoms with Gasteiger partial charge in [0.05, 0.1) is 18.1 Å². The summed E-state index contributed by atoms with van der Waals surface area (Å²) in [6.45, 7) is 2.58. The van der Waals surface area contributed by atoms with Crippen LogP contribution in [0.5, 0.6) is 0 Å². The fourth-order valence-electron chi connectivity index (χ4n) is 1.23. The lowest BCUT2D eigenvalue weighted by atomic mass is 10.4. The molecule has 1 amide bonds. The minimum atomic E-state index is -3.33. The van der Waals surface area contributed by atoms with Gasteiger partial charge in [-0.15, -0.1) is 0 Å². The number of sulfonamides is 1. The van der Waals surface area contributed by atoms with Gasteiger partial charge in [-0.3, -0.25) is 9.78 Å². The monoisotopic (exact) mass is 287 g/mol. The van der Waals surface area contributed by atoms with Crippen LogP contribution < -0.4 is 15.4 Å². The van der Waals surface area contributed by atoms with E-state index in [1.165, 1.54) is 19.4 Å². The highest BCUT2D eigenvalue weighted by Gasteiger charge is 2.11. The van der Waals surface area contributed by atoms with Crippen LogP contribution in [0.25, 0.3) is 0 Å². The Bertz CT molecular complexity index is 532. The number of anilines is 1. The van der Waals surface area contributed by atoms with Gasteiger partial charge in [0.15, 0.2) is 0 Å². The van der Waals surface area contributed by atoms with E-state index in [-0.39, 0.29) is 18.0 Å². The van der Waals surface area contributed by atoms with Crippen molar-refractivity contribution in [3.05, 3.63) is 18.1 Å². The molecule has 8 nitrogen and oxygen atoms in total. The molecule has 0 saturated heterocycles. The molecule has 0 bridgehead atoms. The number of carbonyl (C=O) groups is 1. The maximum absolute atomic E-state index is 11.7. The number of rotatable bonds is 7. The molecule has 0 aliphatic carbocycles. The van der Waals surface area contributed by atoms with Gasteiger partial charge in [0.1, 0.15) is 11.5 Å².